The highest BCUT2D eigenvalue weighted by molar-refractivity contribution is 5.66. The number of fused-ring (bicyclic) bond motifs is 1. The number of rotatable bonds is 8. The van der Waals surface area contributed by atoms with Crippen LogP contribution >= 0.6 is 0 Å². The molecule has 1 atom stereocenters. The quantitative estimate of drug-likeness (QED) is 0.557. The van der Waals surface area contributed by atoms with Crippen LogP contribution < -0.4 is 32.9 Å². The van der Waals surface area contributed by atoms with E-state index in [2.05, 4.69) is 0 Å². The molecule has 172 valence electrons. The Morgan fingerprint density at radius 3 is 2.03 bits per heavy atom. The fraction of sp³-hybridized carbons (Fsp3) is 0.273. The van der Waals surface area contributed by atoms with Gasteiger partial charge in [-0.2, -0.15) is 14.0 Å². The average molecular weight is 467 g/mol. The van der Waals surface area contributed by atoms with E-state index in [1.54, 1.807) is 43.3 Å². The predicted octanol–water partition coefficient (Wildman–Crippen LogP) is 0.892. The first-order valence-corrected chi connectivity index (χ1v) is 10.5. The van der Waals surface area contributed by atoms with E-state index in [-0.39, 0.29) is 5.56 Å². The lowest BCUT2D eigenvalue weighted by Gasteiger charge is -2.32. The van der Waals surface area contributed by atoms with Gasteiger partial charge in [-0.3, -0.25) is 0 Å². The molecule has 9 nitrogen and oxygen atoms in total. The topological polar surface area (TPSA) is 125 Å². The fourth-order valence-corrected chi connectivity index (χ4v) is 3.81. The summed E-state index contributed by atoms with van der Waals surface area (Å²) in [7, 11) is 1.04. The number of hydrogen-bond acceptors (Lipinski definition) is 9. The first-order valence-electron chi connectivity index (χ1n) is 9.31. The van der Waals surface area contributed by atoms with Crippen LogP contribution in [0.4, 0.5) is 0 Å². The summed E-state index contributed by atoms with van der Waals surface area (Å²) in [6.45, 7) is 1.61. The highest BCUT2D eigenvalue weighted by Gasteiger charge is 2.52. The third-order valence-electron chi connectivity index (χ3n) is 4.71. The average Bonchev–Trinajstić information content (AvgIpc) is 2.75. The Hall–Kier alpha value is -2.95. The van der Waals surface area contributed by atoms with Crippen LogP contribution in [0.2, 0.25) is 0 Å². The van der Waals surface area contributed by atoms with Crippen molar-refractivity contribution < 1.29 is 52.2 Å². The molecule has 0 aliphatic carbocycles. The molecule has 0 N–H and O–H groups in total. The Morgan fingerprint density at radius 1 is 0.844 bits per heavy atom. The summed E-state index contributed by atoms with van der Waals surface area (Å²) in [6.07, 6.45) is 4.54. The zero-order chi connectivity index (χ0) is 23.5. The molecule has 3 rings (SSSR count). The first kappa shape index (κ1) is 23.7. The number of allylic oxidation sites excluding steroid dienone is 1. The Bertz CT molecular complexity index is 1040. The summed E-state index contributed by atoms with van der Waals surface area (Å²) in [5, 5.41) is 0. The van der Waals surface area contributed by atoms with Crippen molar-refractivity contribution in [2.24, 2.45) is 0 Å². The van der Waals surface area contributed by atoms with Crippen molar-refractivity contribution in [2.75, 3.05) is 28.4 Å². The van der Waals surface area contributed by atoms with E-state index in [1.807, 2.05) is 0 Å². The van der Waals surface area contributed by atoms with Crippen molar-refractivity contribution in [3.8, 4) is 23.0 Å². The van der Waals surface area contributed by atoms with Gasteiger partial charge in [0.1, 0.15) is 4.29 Å². The van der Waals surface area contributed by atoms with Gasteiger partial charge in [-0.15, -0.1) is 0 Å². The van der Waals surface area contributed by atoms with E-state index in [4.69, 9.17) is 28.0 Å². The van der Waals surface area contributed by atoms with E-state index in [9.17, 15) is 14.0 Å². The maximum Gasteiger partial charge on any atom is 0.408 e. The van der Waals surface area contributed by atoms with Crippen LogP contribution in [0.1, 0.15) is 23.6 Å². The van der Waals surface area contributed by atoms with Crippen molar-refractivity contribution in [1.82, 2.24) is 0 Å². The third-order valence-corrected chi connectivity index (χ3v) is 5.13. The normalized spacial score (nSPS) is 17.9. The lowest BCUT2D eigenvalue weighted by atomic mass is 9.94. The Kier molecular flexibility index (Phi) is 6.87. The number of halogens is 1. The van der Waals surface area contributed by atoms with Crippen molar-refractivity contribution in [3.05, 3.63) is 58.9 Å². The minimum absolute atomic E-state index is 0.240. The highest BCUT2D eigenvalue weighted by atomic mass is 35.7. The Balaban J connectivity index is 2.17. The standard InChI is InChI=1S/C22H23ClO9/c1-14-10-16-12-20(29-4)21(30-5)13-17(16)22(31-14,32-23(24,25)26)9-8-15-6-7-18(27-2)19(11-15)28-3/h6-13H,1-5H3. The van der Waals surface area contributed by atoms with Crippen LogP contribution in [0.25, 0.3) is 12.2 Å². The third kappa shape index (κ3) is 4.93. The highest BCUT2D eigenvalue weighted by Crippen LogP contribution is 2.45. The van der Waals surface area contributed by atoms with Gasteiger partial charge in [0, 0.05) is 6.08 Å². The largest absolute Gasteiger partial charge is 0.493 e. The molecule has 0 fully saturated rings. The Labute approximate surface area is 187 Å². The molecular formula is C22H23ClO9. The summed E-state index contributed by atoms with van der Waals surface area (Å²) in [6, 6.07) is 8.21. The van der Waals surface area contributed by atoms with E-state index in [1.165, 1.54) is 40.6 Å². The summed E-state index contributed by atoms with van der Waals surface area (Å²) < 4.78 is 66.9. The number of benzene rings is 2. The minimum atomic E-state index is -4.87. The van der Waals surface area contributed by atoms with Crippen LogP contribution in [0, 0.1) is 10.2 Å². The second kappa shape index (κ2) is 9.27. The minimum Gasteiger partial charge on any atom is -0.493 e. The SMILES string of the molecule is COc1ccc(C=CC2(O[Cl+3]([O-])([O-])[O-])OC(C)=Cc3cc(OC)c(OC)cc32)cc1OC. The zero-order valence-corrected chi connectivity index (χ0v) is 18.9. The number of hydrogen-bond donors (Lipinski definition) is 0. The molecule has 32 heavy (non-hydrogen) atoms. The molecule has 1 aliphatic rings. The lowest BCUT2D eigenvalue weighted by molar-refractivity contribution is -1.92. The van der Waals surface area contributed by atoms with Crippen molar-refractivity contribution in [2.45, 2.75) is 12.7 Å². The molecule has 1 unspecified atom stereocenters. The smallest absolute Gasteiger partial charge is 0.408 e. The van der Waals surface area contributed by atoms with Gasteiger partial charge >= 0.3 is 5.79 Å². The monoisotopic (exact) mass is 466 g/mol. The summed E-state index contributed by atoms with van der Waals surface area (Å²) in [5.41, 5.74) is 1.38. The number of methoxy groups -OCH3 is 4. The molecule has 10 heteroatoms. The molecule has 0 spiro atoms. The van der Waals surface area contributed by atoms with E-state index >= 15 is 0 Å². The molecule has 0 bridgehead atoms. The van der Waals surface area contributed by atoms with Gasteiger partial charge in [-0.05, 0) is 48.4 Å². The van der Waals surface area contributed by atoms with E-state index in [0.717, 1.165) is 0 Å². The van der Waals surface area contributed by atoms with Gasteiger partial charge < -0.3 is 23.7 Å². The molecule has 1 aliphatic heterocycles. The van der Waals surface area contributed by atoms with Gasteiger partial charge in [-0.25, -0.2) is 0 Å². The molecule has 0 saturated carbocycles. The van der Waals surface area contributed by atoms with Crippen LogP contribution in [0.5, 0.6) is 23.0 Å². The summed E-state index contributed by atoms with van der Waals surface area (Å²) in [5.74, 6) is -0.0608. The van der Waals surface area contributed by atoms with Crippen LogP contribution in [0.15, 0.2) is 42.2 Å². The molecule has 2 aromatic rings. The van der Waals surface area contributed by atoms with Gasteiger partial charge in [0.15, 0.2) is 23.0 Å². The molecule has 0 radical (unpaired) electrons. The van der Waals surface area contributed by atoms with Gasteiger partial charge in [0.25, 0.3) is 0 Å². The van der Waals surface area contributed by atoms with Crippen LogP contribution in [-0.4, -0.2) is 28.4 Å². The summed E-state index contributed by atoms with van der Waals surface area (Å²) in [4.78, 5) is 0. The predicted molar refractivity (Wildman–Crippen MR) is 106 cm³/mol. The summed E-state index contributed by atoms with van der Waals surface area (Å²) >= 11 is 0. The van der Waals surface area contributed by atoms with E-state index < -0.39 is 16.0 Å². The van der Waals surface area contributed by atoms with Crippen molar-refractivity contribution in [3.63, 3.8) is 0 Å². The molecule has 0 aromatic heterocycles. The maximum absolute atomic E-state index is 11.7. The fourth-order valence-electron chi connectivity index (χ4n) is 3.37. The second-order valence-corrected chi connectivity index (χ2v) is 7.63. The molecule has 2 aromatic carbocycles. The van der Waals surface area contributed by atoms with Gasteiger partial charge in [0.2, 0.25) is 0 Å². The van der Waals surface area contributed by atoms with Gasteiger partial charge in [-0.1, -0.05) is 12.1 Å². The first-order chi connectivity index (χ1) is 15.1. The molecular weight excluding hydrogens is 444 g/mol. The van der Waals surface area contributed by atoms with Crippen LogP contribution in [-0.2, 0) is 14.8 Å². The number of ether oxygens (including phenoxy) is 5. The molecule has 0 saturated heterocycles. The van der Waals surface area contributed by atoms with Crippen molar-refractivity contribution >= 4 is 12.2 Å². The second-order valence-electron chi connectivity index (χ2n) is 6.72. The van der Waals surface area contributed by atoms with Crippen molar-refractivity contribution in [1.29, 1.82) is 0 Å². The lowest BCUT2D eigenvalue weighted by Crippen LogP contribution is -2.64. The molecule has 0 amide bonds. The van der Waals surface area contributed by atoms with E-state index in [0.29, 0.717) is 39.9 Å². The maximum atomic E-state index is 11.7. The Morgan fingerprint density at radius 2 is 1.44 bits per heavy atom. The molecule has 1 heterocycles. The van der Waals surface area contributed by atoms with Gasteiger partial charge in [0.05, 0.1) is 50.0 Å². The van der Waals surface area contributed by atoms with Crippen LogP contribution in [0.3, 0.4) is 0 Å². The zero-order valence-electron chi connectivity index (χ0n) is 18.2.